The fraction of sp³-hybridized carbons (Fsp3) is 0.833. The second-order valence-electron chi connectivity index (χ2n) is 5.11. The second kappa shape index (κ2) is 5.49. The van der Waals surface area contributed by atoms with E-state index in [1.54, 1.807) is 0 Å². The van der Waals surface area contributed by atoms with Crippen molar-refractivity contribution in [2.75, 3.05) is 6.54 Å². The van der Waals surface area contributed by atoms with Crippen LogP contribution in [0.4, 0.5) is 0 Å². The molecule has 1 aliphatic heterocycles. The van der Waals surface area contributed by atoms with Crippen LogP contribution in [0.15, 0.2) is 0 Å². The zero-order valence-electron chi connectivity index (χ0n) is 10.1. The van der Waals surface area contributed by atoms with Gasteiger partial charge in [0.15, 0.2) is 0 Å². The number of rotatable bonds is 3. The maximum absolute atomic E-state index is 11.8. The van der Waals surface area contributed by atoms with Crippen LogP contribution in [0.25, 0.3) is 0 Å². The largest absolute Gasteiger partial charge is 0.354 e. The Bertz CT molecular complexity index is 306. The lowest BCUT2D eigenvalue weighted by atomic mass is 9.99. The molecule has 96 valence electrons. The van der Waals surface area contributed by atoms with Crippen molar-refractivity contribution >= 4 is 11.8 Å². The number of carbonyl (C=O) groups is 2. The molecule has 2 fully saturated rings. The summed E-state index contributed by atoms with van der Waals surface area (Å²) in [5, 5.41) is 5.57. The zero-order chi connectivity index (χ0) is 12.3. The van der Waals surface area contributed by atoms with E-state index in [4.69, 9.17) is 5.73 Å². The van der Waals surface area contributed by atoms with Crippen LogP contribution in [0.1, 0.15) is 38.5 Å². The van der Waals surface area contributed by atoms with E-state index in [1.165, 1.54) is 0 Å². The van der Waals surface area contributed by atoms with Crippen LogP contribution in [0.3, 0.4) is 0 Å². The number of piperidine rings is 1. The maximum Gasteiger partial charge on any atom is 0.242 e. The molecule has 0 aromatic rings. The molecule has 0 bridgehead atoms. The number of nitrogens with two attached hydrogens (primary N) is 1. The molecule has 5 nitrogen and oxygen atoms in total. The molecule has 1 aliphatic carbocycles. The summed E-state index contributed by atoms with van der Waals surface area (Å²) in [6.45, 7) is 0.721. The quantitative estimate of drug-likeness (QED) is 0.643. The molecule has 3 atom stereocenters. The zero-order valence-corrected chi connectivity index (χ0v) is 10.1. The van der Waals surface area contributed by atoms with Crippen molar-refractivity contribution in [3.05, 3.63) is 0 Å². The van der Waals surface area contributed by atoms with E-state index in [0.29, 0.717) is 12.3 Å². The van der Waals surface area contributed by atoms with Gasteiger partial charge >= 0.3 is 0 Å². The van der Waals surface area contributed by atoms with E-state index < -0.39 is 0 Å². The highest BCUT2D eigenvalue weighted by Gasteiger charge is 2.28. The molecule has 4 N–H and O–H groups in total. The summed E-state index contributed by atoms with van der Waals surface area (Å²) >= 11 is 0. The molecule has 0 spiro atoms. The molecule has 0 aromatic carbocycles. The van der Waals surface area contributed by atoms with Gasteiger partial charge in [-0.3, -0.25) is 9.59 Å². The summed E-state index contributed by atoms with van der Waals surface area (Å²) in [6.07, 6.45) is 5.30. The average Bonchev–Trinajstić information content (AvgIpc) is 2.68. The van der Waals surface area contributed by atoms with Crippen molar-refractivity contribution in [3.8, 4) is 0 Å². The Kier molecular flexibility index (Phi) is 3.99. The highest BCUT2D eigenvalue weighted by molar-refractivity contribution is 5.88. The minimum Gasteiger partial charge on any atom is -0.354 e. The summed E-state index contributed by atoms with van der Waals surface area (Å²) < 4.78 is 0. The maximum atomic E-state index is 11.8. The van der Waals surface area contributed by atoms with Gasteiger partial charge in [-0.05, 0) is 31.6 Å². The first-order valence-electron chi connectivity index (χ1n) is 6.49. The van der Waals surface area contributed by atoms with E-state index in [-0.39, 0.29) is 23.9 Å². The summed E-state index contributed by atoms with van der Waals surface area (Å²) in [5.74, 6) is 0.205. The molecule has 1 unspecified atom stereocenters. The molecule has 2 rings (SSSR count). The number of hydrogen-bond donors (Lipinski definition) is 3. The van der Waals surface area contributed by atoms with Crippen molar-refractivity contribution < 1.29 is 9.59 Å². The molecule has 2 amide bonds. The molecule has 1 heterocycles. The third-order valence-electron chi connectivity index (χ3n) is 3.79. The van der Waals surface area contributed by atoms with Crippen LogP contribution in [0.5, 0.6) is 0 Å². The third-order valence-corrected chi connectivity index (χ3v) is 3.79. The predicted octanol–water partition coefficient (Wildman–Crippen LogP) is -0.101. The van der Waals surface area contributed by atoms with Crippen LogP contribution < -0.4 is 16.4 Å². The third kappa shape index (κ3) is 3.19. The van der Waals surface area contributed by atoms with Crippen molar-refractivity contribution in [2.24, 2.45) is 11.7 Å². The molecule has 0 aromatic heterocycles. The summed E-state index contributed by atoms with van der Waals surface area (Å²) in [5.41, 5.74) is 5.93. The predicted molar refractivity (Wildman–Crippen MR) is 64.1 cm³/mol. The number of amides is 2. The Labute approximate surface area is 102 Å². The molecular weight excluding hydrogens is 218 g/mol. The van der Waals surface area contributed by atoms with Crippen molar-refractivity contribution in [1.82, 2.24) is 10.6 Å². The fourth-order valence-corrected chi connectivity index (χ4v) is 2.72. The van der Waals surface area contributed by atoms with Gasteiger partial charge in [0.2, 0.25) is 11.8 Å². The summed E-state index contributed by atoms with van der Waals surface area (Å²) in [6, 6.07) is -0.185. The smallest absolute Gasteiger partial charge is 0.242 e. The minimum absolute atomic E-state index is 0.0330. The van der Waals surface area contributed by atoms with Gasteiger partial charge in [-0.2, -0.15) is 0 Å². The van der Waals surface area contributed by atoms with Crippen molar-refractivity contribution in [3.63, 3.8) is 0 Å². The second-order valence-corrected chi connectivity index (χ2v) is 5.11. The standard InChI is InChI=1S/C12H21N3O2/c13-9-4-1-3-8(9)7-11(16)15-10-5-2-6-14-12(10)17/h8-10H,1-7,13H2,(H,14,17)(H,15,16)/t8-,9+,10?/m0/s1. The molecule has 17 heavy (non-hydrogen) atoms. The fourth-order valence-electron chi connectivity index (χ4n) is 2.72. The van der Waals surface area contributed by atoms with Gasteiger partial charge in [0.25, 0.3) is 0 Å². The van der Waals surface area contributed by atoms with Gasteiger partial charge in [0.05, 0.1) is 0 Å². The van der Waals surface area contributed by atoms with Gasteiger partial charge in [0.1, 0.15) is 6.04 Å². The molecule has 1 saturated heterocycles. The van der Waals surface area contributed by atoms with E-state index in [9.17, 15) is 9.59 Å². The highest BCUT2D eigenvalue weighted by atomic mass is 16.2. The minimum atomic E-state index is -0.339. The van der Waals surface area contributed by atoms with Crippen molar-refractivity contribution in [2.45, 2.75) is 50.6 Å². The highest BCUT2D eigenvalue weighted by Crippen LogP contribution is 2.26. The Morgan fingerprint density at radius 1 is 1.35 bits per heavy atom. The Morgan fingerprint density at radius 2 is 2.18 bits per heavy atom. The lowest BCUT2D eigenvalue weighted by molar-refractivity contribution is -0.130. The van der Waals surface area contributed by atoms with Gasteiger partial charge in [-0.15, -0.1) is 0 Å². The Hall–Kier alpha value is -1.10. The lowest BCUT2D eigenvalue weighted by Crippen LogP contribution is -2.50. The summed E-state index contributed by atoms with van der Waals surface area (Å²) in [7, 11) is 0. The number of hydrogen-bond acceptors (Lipinski definition) is 3. The SMILES string of the molecule is N[C@@H]1CCC[C@H]1CC(=O)NC1CCCNC1=O. The normalized spacial score (nSPS) is 33.2. The molecule has 0 radical (unpaired) electrons. The van der Waals surface area contributed by atoms with Crippen LogP contribution in [-0.4, -0.2) is 30.4 Å². The molecule has 1 saturated carbocycles. The molecular formula is C12H21N3O2. The van der Waals surface area contributed by atoms with E-state index >= 15 is 0 Å². The van der Waals surface area contributed by atoms with Gasteiger partial charge < -0.3 is 16.4 Å². The number of nitrogens with one attached hydrogen (secondary N) is 2. The summed E-state index contributed by atoms with van der Waals surface area (Å²) in [4.78, 5) is 23.3. The topological polar surface area (TPSA) is 84.2 Å². The number of carbonyl (C=O) groups excluding carboxylic acids is 2. The first-order chi connectivity index (χ1) is 8.16. The van der Waals surface area contributed by atoms with E-state index in [0.717, 1.165) is 38.6 Å². The van der Waals surface area contributed by atoms with Gasteiger partial charge in [0, 0.05) is 19.0 Å². The molecule has 2 aliphatic rings. The van der Waals surface area contributed by atoms with Gasteiger partial charge in [-0.25, -0.2) is 0 Å². The van der Waals surface area contributed by atoms with Crippen LogP contribution in [0, 0.1) is 5.92 Å². The van der Waals surface area contributed by atoms with Crippen molar-refractivity contribution in [1.29, 1.82) is 0 Å². The van der Waals surface area contributed by atoms with E-state index in [2.05, 4.69) is 10.6 Å². The van der Waals surface area contributed by atoms with Crippen LogP contribution in [0.2, 0.25) is 0 Å². The van der Waals surface area contributed by atoms with Crippen LogP contribution >= 0.6 is 0 Å². The van der Waals surface area contributed by atoms with E-state index in [1.807, 2.05) is 0 Å². The van der Waals surface area contributed by atoms with Crippen LogP contribution in [-0.2, 0) is 9.59 Å². The lowest BCUT2D eigenvalue weighted by Gasteiger charge is -2.24. The average molecular weight is 239 g/mol. The molecule has 5 heteroatoms. The van der Waals surface area contributed by atoms with Gasteiger partial charge in [-0.1, -0.05) is 6.42 Å². The first kappa shape index (κ1) is 12.4. The Balaban J connectivity index is 1.78. The monoisotopic (exact) mass is 239 g/mol. The Morgan fingerprint density at radius 3 is 2.82 bits per heavy atom. The first-order valence-corrected chi connectivity index (χ1v) is 6.49.